The Morgan fingerprint density at radius 3 is 3.00 bits per heavy atom. The lowest BCUT2D eigenvalue weighted by molar-refractivity contribution is 0.863. The smallest absolute Gasteiger partial charge is 0.251 e. The second kappa shape index (κ2) is 4.87. The number of aromatic nitrogens is 2. The molecule has 4 heteroatoms. The maximum absolute atomic E-state index is 11.4. The SMILES string of the molecule is CC(C)=CCSc1nc(C2CC2)cc(=O)[nH]1. The minimum Gasteiger partial charge on any atom is -0.301 e. The van der Waals surface area contributed by atoms with Crippen molar-refractivity contribution in [3.63, 3.8) is 0 Å². The zero-order chi connectivity index (χ0) is 11.5. The van der Waals surface area contributed by atoms with E-state index in [2.05, 4.69) is 29.9 Å². The Bertz CT molecular complexity index is 456. The van der Waals surface area contributed by atoms with Crippen LogP contribution in [0.2, 0.25) is 0 Å². The third-order valence-corrected chi connectivity index (χ3v) is 3.25. The fourth-order valence-electron chi connectivity index (χ4n) is 1.40. The zero-order valence-electron chi connectivity index (χ0n) is 9.62. The van der Waals surface area contributed by atoms with Crippen LogP contribution in [0.5, 0.6) is 0 Å². The molecule has 0 aromatic carbocycles. The number of H-pyrrole nitrogens is 1. The van der Waals surface area contributed by atoms with Crippen molar-refractivity contribution in [3.8, 4) is 0 Å². The summed E-state index contributed by atoms with van der Waals surface area (Å²) in [6, 6.07) is 1.63. The molecule has 0 bridgehead atoms. The Labute approximate surface area is 99.4 Å². The van der Waals surface area contributed by atoms with E-state index in [0.717, 1.165) is 16.6 Å². The van der Waals surface area contributed by atoms with Gasteiger partial charge in [0.1, 0.15) is 0 Å². The molecule has 0 amide bonds. The average molecular weight is 236 g/mol. The number of nitrogens with zero attached hydrogens (tertiary/aromatic N) is 1. The minimum absolute atomic E-state index is 0.0309. The van der Waals surface area contributed by atoms with Gasteiger partial charge in [0.2, 0.25) is 0 Å². The van der Waals surface area contributed by atoms with Gasteiger partial charge in [-0.15, -0.1) is 0 Å². The van der Waals surface area contributed by atoms with Gasteiger partial charge in [-0.25, -0.2) is 4.98 Å². The number of hydrogen-bond donors (Lipinski definition) is 1. The monoisotopic (exact) mass is 236 g/mol. The Hall–Kier alpha value is -1.03. The molecule has 0 radical (unpaired) electrons. The Balaban J connectivity index is 2.08. The summed E-state index contributed by atoms with van der Waals surface area (Å²) in [4.78, 5) is 18.7. The normalized spacial score (nSPS) is 14.9. The predicted octanol–water partition coefficient (Wildman–Crippen LogP) is 2.71. The van der Waals surface area contributed by atoms with Crippen LogP contribution in [0.3, 0.4) is 0 Å². The first-order chi connectivity index (χ1) is 7.65. The Kier molecular flexibility index (Phi) is 3.49. The van der Waals surface area contributed by atoms with E-state index in [1.165, 1.54) is 18.4 Å². The molecule has 1 fully saturated rings. The van der Waals surface area contributed by atoms with Crippen molar-refractivity contribution in [1.82, 2.24) is 9.97 Å². The van der Waals surface area contributed by atoms with Crippen molar-refractivity contribution in [2.24, 2.45) is 0 Å². The van der Waals surface area contributed by atoms with Crippen molar-refractivity contribution >= 4 is 11.8 Å². The summed E-state index contributed by atoms with van der Waals surface area (Å²) >= 11 is 1.58. The zero-order valence-corrected chi connectivity index (χ0v) is 10.4. The van der Waals surface area contributed by atoms with Crippen molar-refractivity contribution < 1.29 is 0 Å². The highest BCUT2D eigenvalue weighted by atomic mass is 32.2. The van der Waals surface area contributed by atoms with E-state index in [0.29, 0.717) is 5.92 Å². The third-order valence-electron chi connectivity index (χ3n) is 2.45. The van der Waals surface area contributed by atoms with Crippen LogP contribution in [-0.4, -0.2) is 15.7 Å². The first-order valence-electron chi connectivity index (χ1n) is 5.52. The van der Waals surface area contributed by atoms with E-state index in [9.17, 15) is 4.79 Å². The summed E-state index contributed by atoms with van der Waals surface area (Å²) in [7, 11) is 0. The van der Waals surface area contributed by atoms with Gasteiger partial charge >= 0.3 is 0 Å². The van der Waals surface area contributed by atoms with Gasteiger partial charge in [0.15, 0.2) is 5.16 Å². The topological polar surface area (TPSA) is 45.8 Å². The number of hydrogen-bond acceptors (Lipinski definition) is 3. The van der Waals surface area contributed by atoms with Crippen molar-refractivity contribution in [2.75, 3.05) is 5.75 Å². The van der Waals surface area contributed by atoms with E-state index >= 15 is 0 Å². The number of rotatable bonds is 4. The van der Waals surface area contributed by atoms with Gasteiger partial charge in [0.25, 0.3) is 5.56 Å². The number of nitrogens with one attached hydrogen (secondary N) is 1. The second-order valence-electron chi connectivity index (χ2n) is 4.34. The average Bonchev–Trinajstić information content (AvgIpc) is 2.99. The first kappa shape index (κ1) is 11.5. The molecule has 1 saturated carbocycles. The van der Waals surface area contributed by atoms with Crippen LogP contribution in [0, 0.1) is 0 Å². The van der Waals surface area contributed by atoms with Crippen LogP contribution >= 0.6 is 11.8 Å². The lowest BCUT2D eigenvalue weighted by atomic mass is 10.3. The minimum atomic E-state index is -0.0309. The van der Waals surface area contributed by atoms with Gasteiger partial charge in [-0.2, -0.15) is 0 Å². The number of thioether (sulfide) groups is 1. The van der Waals surface area contributed by atoms with Gasteiger partial charge < -0.3 is 4.98 Å². The highest BCUT2D eigenvalue weighted by Gasteiger charge is 2.25. The van der Waals surface area contributed by atoms with Crippen molar-refractivity contribution in [3.05, 3.63) is 33.8 Å². The lowest BCUT2D eigenvalue weighted by Gasteiger charge is -2.01. The fourth-order valence-corrected chi connectivity index (χ4v) is 2.31. The van der Waals surface area contributed by atoms with Gasteiger partial charge in [0.05, 0.1) is 5.69 Å². The standard InChI is InChI=1S/C12H16N2OS/c1-8(2)5-6-16-12-13-10(9-3-4-9)7-11(15)14-12/h5,7,9H,3-4,6H2,1-2H3,(H,13,14,15). The van der Waals surface area contributed by atoms with Crippen LogP contribution in [0.1, 0.15) is 38.3 Å². The second-order valence-corrected chi connectivity index (χ2v) is 5.35. The third kappa shape index (κ3) is 3.23. The highest BCUT2D eigenvalue weighted by Crippen LogP contribution is 2.38. The summed E-state index contributed by atoms with van der Waals surface area (Å²) in [6.07, 6.45) is 4.48. The van der Waals surface area contributed by atoms with Crippen LogP contribution in [0.25, 0.3) is 0 Å². The molecule has 2 rings (SSSR count). The number of aromatic amines is 1. The molecule has 1 N–H and O–H groups in total. The van der Waals surface area contributed by atoms with E-state index in [1.54, 1.807) is 17.8 Å². The first-order valence-corrected chi connectivity index (χ1v) is 6.51. The molecule has 16 heavy (non-hydrogen) atoms. The van der Waals surface area contributed by atoms with E-state index < -0.39 is 0 Å². The van der Waals surface area contributed by atoms with Crippen LogP contribution in [0.4, 0.5) is 0 Å². The highest BCUT2D eigenvalue weighted by molar-refractivity contribution is 7.99. The molecule has 1 heterocycles. The summed E-state index contributed by atoms with van der Waals surface area (Å²) in [5.41, 5.74) is 2.22. The summed E-state index contributed by atoms with van der Waals surface area (Å²) in [5.74, 6) is 1.39. The molecule has 1 aliphatic carbocycles. The molecule has 86 valence electrons. The summed E-state index contributed by atoms with van der Waals surface area (Å²) in [5, 5.41) is 0.743. The molecule has 1 aromatic rings. The molecule has 3 nitrogen and oxygen atoms in total. The van der Waals surface area contributed by atoms with E-state index in [-0.39, 0.29) is 5.56 Å². The lowest BCUT2D eigenvalue weighted by Crippen LogP contribution is -2.09. The molecule has 0 atom stereocenters. The summed E-state index contributed by atoms with van der Waals surface area (Å²) in [6.45, 7) is 4.13. The maximum Gasteiger partial charge on any atom is 0.251 e. The molecule has 0 aliphatic heterocycles. The molecule has 1 aliphatic rings. The van der Waals surface area contributed by atoms with Crippen molar-refractivity contribution in [1.29, 1.82) is 0 Å². The summed E-state index contributed by atoms with van der Waals surface area (Å²) < 4.78 is 0. The quantitative estimate of drug-likeness (QED) is 0.496. The van der Waals surface area contributed by atoms with Gasteiger partial charge in [-0.1, -0.05) is 23.4 Å². The van der Waals surface area contributed by atoms with Gasteiger partial charge in [-0.05, 0) is 26.7 Å². The van der Waals surface area contributed by atoms with Crippen LogP contribution < -0.4 is 5.56 Å². The molecule has 0 saturated heterocycles. The van der Waals surface area contributed by atoms with Gasteiger partial charge in [0, 0.05) is 17.7 Å². The van der Waals surface area contributed by atoms with E-state index in [1.807, 2.05) is 0 Å². The molecule has 1 aromatic heterocycles. The van der Waals surface area contributed by atoms with Crippen LogP contribution in [0.15, 0.2) is 27.7 Å². The van der Waals surface area contributed by atoms with Gasteiger partial charge in [-0.3, -0.25) is 4.79 Å². The maximum atomic E-state index is 11.4. The molecular weight excluding hydrogens is 220 g/mol. The van der Waals surface area contributed by atoms with Crippen molar-refractivity contribution in [2.45, 2.75) is 37.8 Å². The Morgan fingerprint density at radius 2 is 2.38 bits per heavy atom. The molecular formula is C12H16N2OS. The fraction of sp³-hybridized carbons (Fsp3) is 0.500. The molecule has 0 spiro atoms. The van der Waals surface area contributed by atoms with E-state index in [4.69, 9.17) is 0 Å². The Morgan fingerprint density at radius 1 is 1.62 bits per heavy atom. The largest absolute Gasteiger partial charge is 0.301 e. The van der Waals surface area contributed by atoms with Crippen LogP contribution in [-0.2, 0) is 0 Å². The molecule has 0 unspecified atom stereocenters. The predicted molar refractivity (Wildman–Crippen MR) is 67.0 cm³/mol. The number of allylic oxidation sites excluding steroid dienone is 1.